The first-order chi connectivity index (χ1) is 11.6. The van der Waals surface area contributed by atoms with Gasteiger partial charge in [-0.15, -0.1) is 0 Å². The van der Waals surface area contributed by atoms with E-state index in [1.807, 2.05) is 18.2 Å². The monoisotopic (exact) mass is 333 g/mol. The van der Waals surface area contributed by atoms with Crippen molar-refractivity contribution in [3.63, 3.8) is 0 Å². The van der Waals surface area contributed by atoms with Gasteiger partial charge in [-0.3, -0.25) is 9.88 Å². The second-order valence-electron chi connectivity index (χ2n) is 7.04. The van der Waals surface area contributed by atoms with E-state index in [4.69, 9.17) is 5.11 Å². The number of pyridine rings is 1. The fourth-order valence-electron chi connectivity index (χ4n) is 4.01. The van der Waals surface area contributed by atoms with E-state index in [9.17, 15) is 9.90 Å². The van der Waals surface area contributed by atoms with Crippen LogP contribution in [0.15, 0.2) is 24.4 Å². The van der Waals surface area contributed by atoms with E-state index in [1.54, 1.807) is 6.20 Å². The third-order valence-corrected chi connectivity index (χ3v) is 5.50. The number of hydrogen-bond acceptors (Lipinski definition) is 4. The molecule has 2 N–H and O–H groups in total. The van der Waals surface area contributed by atoms with Gasteiger partial charge in [0.05, 0.1) is 5.60 Å². The lowest BCUT2D eigenvalue weighted by Gasteiger charge is -2.42. The number of carboxylic acid groups (broad SMARTS) is 1. The summed E-state index contributed by atoms with van der Waals surface area (Å²) in [5.41, 5.74) is 0.249. The van der Waals surface area contributed by atoms with Gasteiger partial charge in [-0.2, -0.15) is 0 Å². The van der Waals surface area contributed by atoms with Crippen LogP contribution in [0, 0.1) is 0 Å². The third-order valence-electron chi connectivity index (χ3n) is 5.50. The van der Waals surface area contributed by atoms with E-state index in [2.05, 4.69) is 9.88 Å². The molecule has 2 aliphatic rings. The van der Waals surface area contributed by atoms with Crippen molar-refractivity contribution in [1.82, 2.24) is 14.8 Å². The summed E-state index contributed by atoms with van der Waals surface area (Å²) in [6.45, 7) is 3.23. The van der Waals surface area contributed by atoms with Crippen LogP contribution in [0.2, 0.25) is 0 Å². The molecule has 1 unspecified atom stereocenters. The highest BCUT2D eigenvalue weighted by molar-refractivity contribution is 5.65. The Morgan fingerprint density at radius 2 is 1.88 bits per heavy atom. The number of carbonyl (C=O) groups is 1. The van der Waals surface area contributed by atoms with Crippen molar-refractivity contribution in [1.29, 1.82) is 0 Å². The van der Waals surface area contributed by atoms with E-state index < -0.39 is 11.7 Å². The Balaban J connectivity index is 1.72. The first kappa shape index (κ1) is 17.2. The Kier molecular flexibility index (Phi) is 5.36. The van der Waals surface area contributed by atoms with Crippen LogP contribution in [0.1, 0.15) is 43.7 Å². The van der Waals surface area contributed by atoms with E-state index in [0.717, 1.165) is 37.9 Å². The minimum Gasteiger partial charge on any atom is -0.465 e. The van der Waals surface area contributed by atoms with Gasteiger partial charge in [0.15, 0.2) is 0 Å². The number of aliphatic hydroxyl groups is 1. The van der Waals surface area contributed by atoms with Crippen molar-refractivity contribution in [3.05, 3.63) is 30.1 Å². The third kappa shape index (κ3) is 3.87. The first-order valence-corrected chi connectivity index (χ1v) is 8.92. The molecule has 0 aromatic carbocycles. The van der Waals surface area contributed by atoms with Crippen LogP contribution < -0.4 is 0 Å². The van der Waals surface area contributed by atoms with Crippen molar-refractivity contribution in [2.45, 2.75) is 43.6 Å². The Morgan fingerprint density at radius 1 is 1.17 bits per heavy atom. The van der Waals surface area contributed by atoms with E-state index in [-0.39, 0.29) is 5.92 Å². The number of aromatic nitrogens is 1. The topological polar surface area (TPSA) is 76.9 Å². The molecule has 6 heteroatoms. The molecule has 3 rings (SSSR count). The van der Waals surface area contributed by atoms with Crippen molar-refractivity contribution in [2.24, 2.45) is 0 Å². The largest absolute Gasteiger partial charge is 0.465 e. The zero-order chi connectivity index (χ0) is 17.0. The van der Waals surface area contributed by atoms with Gasteiger partial charge >= 0.3 is 6.09 Å². The molecule has 24 heavy (non-hydrogen) atoms. The molecule has 0 bridgehead atoms. The molecule has 6 nitrogen and oxygen atoms in total. The van der Waals surface area contributed by atoms with Gasteiger partial charge in [-0.05, 0) is 25.0 Å². The zero-order valence-corrected chi connectivity index (χ0v) is 14.1. The Labute approximate surface area is 143 Å². The molecule has 1 atom stereocenters. The normalized spacial score (nSPS) is 23.0. The summed E-state index contributed by atoms with van der Waals surface area (Å²) in [4.78, 5) is 19.3. The summed E-state index contributed by atoms with van der Waals surface area (Å²) in [5, 5.41) is 20.4. The number of hydrogen-bond donors (Lipinski definition) is 2. The molecule has 1 aliphatic carbocycles. The van der Waals surface area contributed by atoms with Crippen molar-refractivity contribution in [2.75, 3.05) is 32.7 Å². The predicted molar refractivity (Wildman–Crippen MR) is 91.1 cm³/mol. The maximum atomic E-state index is 11.3. The van der Waals surface area contributed by atoms with Crippen LogP contribution in [0.4, 0.5) is 4.79 Å². The summed E-state index contributed by atoms with van der Waals surface area (Å²) in [6.07, 6.45) is 5.90. The first-order valence-electron chi connectivity index (χ1n) is 8.92. The van der Waals surface area contributed by atoms with Gasteiger partial charge in [0, 0.05) is 50.5 Å². The molecular formula is C18H27N3O3. The lowest BCUT2D eigenvalue weighted by Crippen LogP contribution is -2.52. The van der Waals surface area contributed by atoms with Crippen LogP contribution in [-0.4, -0.2) is 69.4 Å². The molecule has 0 radical (unpaired) electrons. The molecule has 1 saturated carbocycles. The molecule has 1 aliphatic heterocycles. The maximum Gasteiger partial charge on any atom is 0.407 e. The van der Waals surface area contributed by atoms with Crippen molar-refractivity contribution in [3.8, 4) is 0 Å². The lowest BCUT2D eigenvalue weighted by molar-refractivity contribution is -0.0349. The van der Waals surface area contributed by atoms with E-state index in [0.29, 0.717) is 26.2 Å². The minimum atomic E-state index is -0.846. The van der Waals surface area contributed by atoms with Crippen LogP contribution in [0.25, 0.3) is 0 Å². The second-order valence-corrected chi connectivity index (χ2v) is 7.04. The van der Waals surface area contributed by atoms with Crippen molar-refractivity contribution >= 4 is 6.09 Å². The van der Waals surface area contributed by atoms with Crippen LogP contribution in [-0.2, 0) is 0 Å². The van der Waals surface area contributed by atoms with Crippen LogP contribution in [0.5, 0.6) is 0 Å². The number of nitrogens with zero attached hydrogens (tertiary/aromatic N) is 3. The summed E-state index contributed by atoms with van der Waals surface area (Å²) in [5.74, 6) is -0.0182. The Morgan fingerprint density at radius 3 is 2.46 bits per heavy atom. The molecule has 1 aromatic rings. The number of piperazine rings is 1. The molecule has 1 saturated heterocycles. The summed E-state index contributed by atoms with van der Waals surface area (Å²) in [7, 11) is 0. The summed E-state index contributed by atoms with van der Waals surface area (Å²) < 4.78 is 0. The minimum absolute atomic E-state index is 0.0182. The van der Waals surface area contributed by atoms with Gasteiger partial charge in [-0.1, -0.05) is 25.3 Å². The average molecular weight is 333 g/mol. The highest BCUT2D eigenvalue weighted by Crippen LogP contribution is 2.39. The quantitative estimate of drug-likeness (QED) is 0.883. The van der Waals surface area contributed by atoms with Gasteiger partial charge in [0.25, 0.3) is 0 Å². The van der Waals surface area contributed by atoms with Gasteiger partial charge in [-0.25, -0.2) is 4.79 Å². The maximum absolute atomic E-state index is 11.3. The average Bonchev–Trinajstić information content (AvgIpc) is 2.61. The van der Waals surface area contributed by atoms with E-state index >= 15 is 0 Å². The molecule has 0 spiro atoms. The van der Waals surface area contributed by atoms with Crippen LogP contribution >= 0.6 is 0 Å². The standard InChI is InChI=1S/C18H27N3O3/c22-17(23)21-12-10-20(11-13-21)14-15(16-6-2-5-9-19-16)18(24)7-3-1-4-8-18/h2,5-6,9,15,24H,1,3-4,7-8,10-14H2,(H,22,23). The second kappa shape index (κ2) is 7.49. The molecule has 2 fully saturated rings. The molecule has 1 aromatic heterocycles. The van der Waals surface area contributed by atoms with Crippen LogP contribution in [0.3, 0.4) is 0 Å². The van der Waals surface area contributed by atoms with Gasteiger partial charge in [0.2, 0.25) is 0 Å². The molecule has 1 amide bonds. The fourth-order valence-corrected chi connectivity index (χ4v) is 4.01. The Bertz CT molecular complexity index is 538. The highest BCUT2D eigenvalue weighted by Gasteiger charge is 2.40. The summed E-state index contributed by atoms with van der Waals surface area (Å²) >= 11 is 0. The predicted octanol–water partition coefficient (Wildman–Crippen LogP) is 2.16. The van der Waals surface area contributed by atoms with E-state index in [1.165, 1.54) is 11.3 Å². The van der Waals surface area contributed by atoms with Crippen molar-refractivity contribution < 1.29 is 15.0 Å². The SMILES string of the molecule is O=C(O)N1CCN(CC(c2ccccn2)C2(O)CCCCC2)CC1. The Hall–Kier alpha value is -1.66. The molecular weight excluding hydrogens is 306 g/mol. The van der Waals surface area contributed by atoms with Gasteiger partial charge < -0.3 is 15.1 Å². The zero-order valence-electron chi connectivity index (χ0n) is 14.1. The highest BCUT2D eigenvalue weighted by atomic mass is 16.4. The molecule has 132 valence electrons. The summed E-state index contributed by atoms with van der Waals surface area (Å²) in [6, 6.07) is 5.88. The van der Waals surface area contributed by atoms with Gasteiger partial charge in [0.1, 0.15) is 0 Å². The lowest BCUT2D eigenvalue weighted by atomic mass is 9.74. The smallest absolute Gasteiger partial charge is 0.407 e. The number of rotatable bonds is 4. The molecule has 2 heterocycles. The number of amides is 1. The fraction of sp³-hybridized carbons (Fsp3) is 0.667.